The Balaban J connectivity index is 2.12. The SMILES string of the molecule is CCCC(C)C1CCCN1C(=O)c1cnc(C(=O)O)cn1. The van der Waals surface area contributed by atoms with Crippen LogP contribution in [-0.2, 0) is 0 Å². The van der Waals surface area contributed by atoms with Crippen LogP contribution in [0.5, 0.6) is 0 Å². The molecule has 2 heterocycles. The minimum atomic E-state index is -1.14. The molecule has 6 nitrogen and oxygen atoms in total. The highest BCUT2D eigenvalue weighted by Crippen LogP contribution is 2.27. The molecule has 0 aromatic carbocycles. The summed E-state index contributed by atoms with van der Waals surface area (Å²) in [6.07, 6.45) is 6.62. The normalized spacial score (nSPS) is 19.5. The van der Waals surface area contributed by atoms with Gasteiger partial charge in [-0.25, -0.2) is 14.8 Å². The molecule has 0 radical (unpaired) electrons. The van der Waals surface area contributed by atoms with Crippen LogP contribution in [0.1, 0.15) is 60.5 Å². The lowest BCUT2D eigenvalue weighted by Crippen LogP contribution is -2.39. The van der Waals surface area contributed by atoms with Gasteiger partial charge in [0.15, 0.2) is 5.69 Å². The number of likely N-dealkylation sites (tertiary alicyclic amines) is 1. The van der Waals surface area contributed by atoms with Gasteiger partial charge in [-0.05, 0) is 25.2 Å². The summed E-state index contributed by atoms with van der Waals surface area (Å²) in [5, 5.41) is 8.80. The first-order valence-electron chi connectivity index (χ1n) is 7.41. The maximum absolute atomic E-state index is 12.5. The molecule has 2 atom stereocenters. The van der Waals surface area contributed by atoms with Crippen molar-refractivity contribution in [1.29, 1.82) is 0 Å². The predicted molar refractivity (Wildman–Crippen MR) is 77.1 cm³/mol. The second kappa shape index (κ2) is 6.65. The molecule has 2 unspecified atom stereocenters. The van der Waals surface area contributed by atoms with Crippen molar-refractivity contribution in [3.63, 3.8) is 0 Å². The van der Waals surface area contributed by atoms with E-state index in [1.165, 1.54) is 6.20 Å². The summed E-state index contributed by atoms with van der Waals surface area (Å²) in [5.41, 5.74) is 0.0690. The second-order valence-corrected chi connectivity index (χ2v) is 5.57. The van der Waals surface area contributed by atoms with Crippen LogP contribution in [0.4, 0.5) is 0 Å². The molecule has 0 spiro atoms. The van der Waals surface area contributed by atoms with Gasteiger partial charge in [0, 0.05) is 12.6 Å². The van der Waals surface area contributed by atoms with E-state index in [2.05, 4.69) is 23.8 Å². The minimum absolute atomic E-state index is 0.148. The quantitative estimate of drug-likeness (QED) is 0.899. The zero-order valence-corrected chi connectivity index (χ0v) is 12.5. The van der Waals surface area contributed by atoms with E-state index in [1.807, 2.05) is 4.90 Å². The average Bonchev–Trinajstić information content (AvgIpc) is 2.96. The van der Waals surface area contributed by atoms with E-state index < -0.39 is 5.97 Å². The first-order chi connectivity index (χ1) is 10.0. The van der Waals surface area contributed by atoms with Crippen molar-refractivity contribution < 1.29 is 14.7 Å². The monoisotopic (exact) mass is 291 g/mol. The molecular weight excluding hydrogens is 270 g/mol. The van der Waals surface area contributed by atoms with Gasteiger partial charge in [0.2, 0.25) is 0 Å². The fraction of sp³-hybridized carbons (Fsp3) is 0.600. The van der Waals surface area contributed by atoms with Crippen molar-refractivity contribution in [2.75, 3.05) is 6.54 Å². The highest BCUT2D eigenvalue weighted by atomic mass is 16.4. The Morgan fingerprint density at radius 2 is 2.05 bits per heavy atom. The summed E-state index contributed by atoms with van der Waals surface area (Å²) >= 11 is 0. The van der Waals surface area contributed by atoms with Crippen molar-refractivity contribution in [1.82, 2.24) is 14.9 Å². The average molecular weight is 291 g/mol. The van der Waals surface area contributed by atoms with Gasteiger partial charge in [-0.3, -0.25) is 4.79 Å². The predicted octanol–water partition coefficient (Wildman–Crippen LogP) is 2.22. The van der Waals surface area contributed by atoms with Crippen LogP contribution >= 0.6 is 0 Å². The number of nitrogens with zero attached hydrogens (tertiary/aromatic N) is 3. The fourth-order valence-corrected chi connectivity index (χ4v) is 2.98. The molecule has 1 aromatic heterocycles. The number of hydrogen-bond acceptors (Lipinski definition) is 4. The highest BCUT2D eigenvalue weighted by Gasteiger charge is 2.33. The molecule has 2 rings (SSSR count). The third-order valence-corrected chi connectivity index (χ3v) is 4.05. The zero-order valence-electron chi connectivity index (χ0n) is 12.5. The van der Waals surface area contributed by atoms with Gasteiger partial charge >= 0.3 is 5.97 Å². The van der Waals surface area contributed by atoms with E-state index in [1.54, 1.807) is 0 Å². The summed E-state index contributed by atoms with van der Waals surface area (Å²) in [7, 11) is 0. The Hall–Kier alpha value is -1.98. The van der Waals surface area contributed by atoms with Crippen LogP contribution in [0.3, 0.4) is 0 Å². The van der Waals surface area contributed by atoms with Crippen LogP contribution < -0.4 is 0 Å². The number of hydrogen-bond donors (Lipinski definition) is 1. The molecule has 1 aliphatic rings. The van der Waals surface area contributed by atoms with E-state index in [0.29, 0.717) is 5.92 Å². The van der Waals surface area contributed by atoms with Crippen molar-refractivity contribution in [2.24, 2.45) is 5.92 Å². The number of carbonyl (C=O) groups excluding carboxylic acids is 1. The number of amides is 1. The van der Waals surface area contributed by atoms with E-state index >= 15 is 0 Å². The van der Waals surface area contributed by atoms with E-state index in [-0.39, 0.29) is 23.3 Å². The molecule has 1 fully saturated rings. The van der Waals surface area contributed by atoms with Crippen LogP contribution in [0.2, 0.25) is 0 Å². The molecule has 1 aliphatic heterocycles. The highest BCUT2D eigenvalue weighted by molar-refractivity contribution is 5.93. The van der Waals surface area contributed by atoms with Gasteiger partial charge in [-0.15, -0.1) is 0 Å². The first-order valence-corrected chi connectivity index (χ1v) is 7.41. The second-order valence-electron chi connectivity index (χ2n) is 5.57. The summed E-state index contributed by atoms with van der Waals surface area (Å²) in [4.78, 5) is 32.9. The fourth-order valence-electron chi connectivity index (χ4n) is 2.98. The van der Waals surface area contributed by atoms with Crippen LogP contribution in [0, 0.1) is 5.92 Å². The van der Waals surface area contributed by atoms with Crippen molar-refractivity contribution in [3.8, 4) is 0 Å². The van der Waals surface area contributed by atoms with Crippen LogP contribution in [0.25, 0.3) is 0 Å². The summed E-state index contributed by atoms with van der Waals surface area (Å²) in [6, 6.07) is 0.249. The first kappa shape index (κ1) is 15.4. The van der Waals surface area contributed by atoms with Gasteiger partial charge in [0.05, 0.1) is 12.4 Å². The lowest BCUT2D eigenvalue weighted by molar-refractivity contribution is 0.0669. The molecule has 6 heteroatoms. The summed E-state index contributed by atoms with van der Waals surface area (Å²) in [5.74, 6) is -0.824. The molecule has 1 amide bonds. The van der Waals surface area contributed by atoms with Gasteiger partial charge in [-0.2, -0.15) is 0 Å². The molecule has 0 saturated carbocycles. The van der Waals surface area contributed by atoms with Gasteiger partial charge < -0.3 is 10.0 Å². The topological polar surface area (TPSA) is 83.4 Å². The Morgan fingerprint density at radius 3 is 2.62 bits per heavy atom. The molecule has 0 bridgehead atoms. The zero-order chi connectivity index (χ0) is 15.4. The minimum Gasteiger partial charge on any atom is -0.476 e. The molecule has 1 aromatic rings. The van der Waals surface area contributed by atoms with Gasteiger partial charge in [0.25, 0.3) is 5.91 Å². The number of carboxylic acid groups (broad SMARTS) is 1. The van der Waals surface area contributed by atoms with Crippen molar-refractivity contribution >= 4 is 11.9 Å². The summed E-state index contributed by atoms with van der Waals surface area (Å²) < 4.78 is 0. The van der Waals surface area contributed by atoms with E-state index in [9.17, 15) is 9.59 Å². The lowest BCUT2D eigenvalue weighted by Gasteiger charge is -2.29. The maximum Gasteiger partial charge on any atom is 0.356 e. The molecule has 0 aliphatic carbocycles. The third kappa shape index (κ3) is 3.37. The maximum atomic E-state index is 12.5. The van der Waals surface area contributed by atoms with E-state index in [0.717, 1.165) is 38.4 Å². The Labute approximate surface area is 124 Å². The summed E-state index contributed by atoms with van der Waals surface area (Å²) in [6.45, 7) is 5.06. The number of aromatic nitrogens is 2. The Morgan fingerprint density at radius 1 is 1.38 bits per heavy atom. The molecule has 1 saturated heterocycles. The van der Waals surface area contributed by atoms with Crippen LogP contribution in [0.15, 0.2) is 12.4 Å². The Kier molecular flexibility index (Phi) is 4.88. The third-order valence-electron chi connectivity index (χ3n) is 4.05. The Bertz CT molecular complexity index is 515. The van der Waals surface area contributed by atoms with Gasteiger partial charge in [0.1, 0.15) is 5.69 Å². The number of carboxylic acids is 1. The smallest absolute Gasteiger partial charge is 0.356 e. The lowest BCUT2D eigenvalue weighted by atomic mass is 9.95. The molecular formula is C15H21N3O3. The van der Waals surface area contributed by atoms with E-state index in [4.69, 9.17) is 5.11 Å². The molecule has 1 N–H and O–H groups in total. The largest absolute Gasteiger partial charge is 0.476 e. The van der Waals surface area contributed by atoms with Gasteiger partial charge in [-0.1, -0.05) is 20.3 Å². The number of carbonyl (C=O) groups is 2. The standard InChI is InChI=1S/C15H21N3O3/c1-3-5-10(2)13-6-4-7-18(13)14(19)11-8-17-12(9-16-11)15(20)21/h8-10,13H,3-7H2,1-2H3,(H,20,21). The van der Waals surface area contributed by atoms with Crippen LogP contribution in [-0.4, -0.2) is 44.4 Å². The number of aromatic carboxylic acids is 1. The number of rotatable bonds is 5. The van der Waals surface area contributed by atoms with Crippen molar-refractivity contribution in [2.45, 2.75) is 45.6 Å². The van der Waals surface area contributed by atoms with Crippen molar-refractivity contribution in [3.05, 3.63) is 23.8 Å². The molecule has 114 valence electrons. The molecule has 21 heavy (non-hydrogen) atoms.